The molecule has 2 aromatic heterocycles. The first kappa shape index (κ1) is 16.4. The van der Waals surface area contributed by atoms with E-state index in [0.717, 1.165) is 18.5 Å². The topological polar surface area (TPSA) is 88.3 Å². The molecule has 0 bridgehead atoms. The zero-order valence-corrected chi connectivity index (χ0v) is 13.7. The van der Waals surface area contributed by atoms with Crippen molar-refractivity contribution in [1.29, 1.82) is 0 Å². The Morgan fingerprint density at radius 3 is 2.96 bits per heavy atom. The van der Waals surface area contributed by atoms with Crippen molar-refractivity contribution in [1.82, 2.24) is 19.7 Å². The lowest BCUT2D eigenvalue weighted by atomic mass is 9.94. The van der Waals surface area contributed by atoms with Gasteiger partial charge in [0.2, 0.25) is 0 Å². The molecule has 3 rings (SSSR count). The Hall–Kier alpha value is -2.41. The van der Waals surface area contributed by atoms with Gasteiger partial charge in [-0.2, -0.15) is 5.10 Å². The van der Waals surface area contributed by atoms with E-state index in [-0.39, 0.29) is 18.4 Å². The van der Waals surface area contributed by atoms with Crippen molar-refractivity contribution in [2.24, 2.45) is 0 Å². The monoisotopic (exact) mass is 348 g/mol. The lowest BCUT2D eigenvalue weighted by molar-refractivity contribution is -0.137. The van der Waals surface area contributed by atoms with Crippen LogP contribution >= 0.6 is 11.6 Å². The van der Waals surface area contributed by atoms with E-state index in [2.05, 4.69) is 10.1 Å². The number of halogens is 1. The van der Waals surface area contributed by atoms with Crippen LogP contribution in [0.3, 0.4) is 0 Å². The number of hydrogen-bond acceptors (Lipinski definition) is 4. The third-order valence-corrected chi connectivity index (χ3v) is 4.24. The van der Waals surface area contributed by atoms with Gasteiger partial charge in [0.1, 0.15) is 6.54 Å². The number of aromatic nitrogens is 3. The molecule has 0 aromatic carbocycles. The molecule has 1 aliphatic rings. The van der Waals surface area contributed by atoms with Crippen molar-refractivity contribution in [2.75, 3.05) is 13.1 Å². The molecule has 0 radical (unpaired) electrons. The highest BCUT2D eigenvalue weighted by atomic mass is 35.5. The molecular formula is C16H17ClN4O3. The Kier molecular flexibility index (Phi) is 4.80. The zero-order chi connectivity index (χ0) is 17.1. The fourth-order valence-electron chi connectivity index (χ4n) is 2.94. The molecule has 0 spiro atoms. The van der Waals surface area contributed by atoms with Crippen molar-refractivity contribution < 1.29 is 14.7 Å². The third-order valence-electron chi connectivity index (χ3n) is 4.04. The van der Waals surface area contributed by atoms with Crippen LogP contribution in [0.5, 0.6) is 0 Å². The quantitative estimate of drug-likeness (QED) is 0.913. The van der Waals surface area contributed by atoms with Gasteiger partial charge in [-0.3, -0.25) is 19.3 Å². The summed E-state index contributed by atoms with van der Waals surface area (Å²) in [7, 11) is 0. The highest BCUT2D eigenvalue weighted by Crippen LogP contribution is 2.26. The maximum Gasteiger partial charge on any atom is 0.325 e. The van der Waals surface area contributed by atoms with Crippen molar-refractivity contribution in [2.45, 2.75) is 25.3 Å². The minimum atomic E-state index is -0.932. The fraction of sp³-hybridized carbons (Fsp3) is 0.375. The van der Waals surface area contributed by atoms with Gasteiger partial charge in [0, 0.05) is 37.6 Å². The molecule has 1 saturated heterocycles. The largest absolute Gasteiger partial charge is 0.480 e. The van der Waals surface area contributed by atoms with Crippen LogP contribution in [0.25, 0.3) is 0 Å². The maximum absolute atomic E-state index is 12.6. The van der Waals surface area contributed by atoms with Crippen molar-refractivity contribution >= 4 is 23.5 Å². The summed E-state index contributed by atoms with van der Waals surface area (Å²) in [5.74, 6) is -0.928. The van der Waals surface area contributed by atoms with Gasteiger partial charge in [0.25, 0.3) is 5.91 Å². The minimum Gasteiger partial charge on any atom is -0.480 e. The van der Waals surface area contributed by atoms with Gasteiger partial charge < -0.3 is 10.0 Å². The van der Waals surface area contributed by atoms with E-state index in [9.17, 15) is 9.59 Å². The number of nitrogens with zero attached hydrogens (tertiary/aromatic N) is 4. The molecule has 24 heavy (non-hydrogen) atoms. The van der Waals surface area contributed by atoms with E-state index in [4.69, 9.17) is 16.7 Å². The second kappa shape index (κ2) is 7.00. The average Bonchev–Trinajstić information content (AvgIpc) is 3.02. The van der Waals surface area contributed by atoms with E-state index in [1.165, 1.54) is 17.1 Å². The normalized spacial score (nSPS) is 17.7. The van der Waals surface area contributed by atoms with Crippen LogP contribution < -0.4 is 0 Å². The Bertz CT molecular complexity index is 761. The van der Waals surface area contributed by atoms with Gasteiger partial charge in [-0.15, -0.1) is 0 Å². The highest BCUT2D eigenvalue weighted by Gasteiger charge is 2.27. The Balaban J connectivity index is 1.71. The van der Waals surface area contributed by atoms with Crippen LogP contribution in [0.1, 0.15) is 34.8 Å². The molecule has 0 aliphatic carbocycles. The number of likely N-dealkylation sites (tertiary alicyclic amines) is 1. The fourth-order valence-corrected chi connectivity index (χ4v) is 3.11. The molecule has 2 aromatic rings. The first-order valence-corrected chi connectivity index (χ1v) is 8.05. The number of amides is 1. The molecule has 8 heteroatoms. The molecular weight excluding hydrogens is 332 g/mol. The van der Waals surface area contributed by atoms with Crippen LogP contribution in [-0.4, -0.2) is 49.7 Å². The number of hydrogen-bond donors (Lipinski definition) is 1. The summed E-state index contributed by atoms with van der Waals surface area (Å²) in [5, 5.41) is 13.6. The predicted molar refractivity (Wildman–Crippen MR) is 87.0 cm³/mol. The molecule has 1 atom stereocenters. The van der Waals surface area contributed by atoms with Gasteiger partial charge in [0.05, 0.1) is 16.3 Å². The van der Waals surface area contributed by atoms with Gasteiger partial charge in [-0.1, -0.05) is 11.6 Å². The third kappa shape index (κ3) is 3.73. The predicted octanol–water partition coefficient (Wildman–Crippen LogP) is 2.04. The van der Waals surface area contributed by atoms with Crippen LogP contribution in [0, 0.1) is 0 Å². The molecule has 3 heterocycles. The minimum absolute atomic E-state index is 0.0975. The van der Waals surface area contributed by atoms with E-state index < -0.39 is 5.97 Å². The van der Waals surface area contributed by atoms with Crippen molar-refractivity contribution in [3.8, 4) is 0 Å². The van der Waals surface area contributed by atoms with Gasteiger partial charge >= 0.3 is 5.97 Å². The van der Waals surface area contributed by atoms with Crippen LogP contribution in [-0.2, 0) is 11.3 Å². The second-order valence-corrected chi connectivity index (χ2v) is 6.25. The van der Waals surface area contributed by atoms with Gasteiger partial charge in [-0.25, -0.2) is 0 Å². The molecule has 1 aliphatic heterocycles. The highest BCUT2D eigenvalue weighted by molar-refractivity contribution is 6.30. The number of carbonyl (C=O) groups is 2. The van der Waals surface area contributed by atoms with E-state index in [0.29, 0.717) is 23.7 Å². The zero-order valence-electron chi connectivity index (χ0n) is 12.9. The summed E-state index contributed by atoms with van der Waals surface area (Å²) >= 11 is 5.90. The van der Waals surface area contributed by atoms with Crippen molar-refractivity contribution in [3.05, 3.63) is 47.0 Å². The lowest BCUT2D eigenvalue weighted by Crippen LogP contribution is -2.39. The van der Waals surface area contributed by atoms with Gasteiger partial charge in [0.15, 0.2) is 0 Å². The molecule has 126 valence electrons. The Morgan fingerprint density at radius 1 is 1.38 bits per heavy atom. The lowest BCUT2D eigenvalue weighted by Gasteiger charge is -2.32. The first-order chi connectivity index (χ1) is 11.5. The van der Waals surface area contributed by atoms with Crippen LogP contribution in [0.15, 0.2) is 30.7 Å². The summed E-state index contributed by atoms with van der Waals surface area (Å²) in [6.07, 6.45) is 6.45. The van der Waals surface area contributed by atoms with E-state index >= 15 is 0 Å². The maximum atomic E-state index is 12.6. The molecule has 1 fully saturated rings. The number of rotatable bonds is 4. The number of carboxylic acid groups (broad SMARTS) is 1. The number of carboxylic acids is 1. The first-order valence-electron chi connectivity index (χ1n) is 7.68. The molecule has 1 N–H and O–H groups in total. The number of aliphatic carboxylic acids is 1. The van der Waals surface area contributed by atoms with Crippen LogP contribution in [0.4, 0.5) is 0 Å². The summed E-state index contributed by atoms with van der Waals surface area (Å²) in [6, 6.07) is 3.44. The Morgan fingerprint density at radius 2 is 2.21 bits per heavy atom. The van der Waals surface area contributed by atoms with E-state index in [1.54, 1.807) is 17.2 Å². The van der Waals surface area contributed by atoms with Crippen LogP contribution in [0.2, 0.25) is 5.02 Å². The number of pyridine rings is 1. The summed E-state index contributed by atoms with van der Waals surface area (Å²) in [4.78, 5) is 29.1. The molecule has 7 nitrogen and oxygen atoms in total. The number of piperidine rings is 1. The van der Waals surface area contributed by atoms with Crippen molar-refractivity contribution in [3.63, 3.8) is 0 Å². The average molecular weight is 349 g/mol. The summed E-state index contributed by atoms with van der Waals surface area (Å²) in [5.41, 5.74) is 1.29. The number of carbonyl (C=O) groups excluding carboxylic acids is 1. The molecule has 0 saturated carbocycles. The SMILES string of the molecule is O=C(O)Cn1ccc(C2CCCN(C(=O)c3cncc(Cl)c3)C2)n1. The van der Waals surface area contributed by atoms with E-state index in [1.807, 2.05) is 6.07 Å². The van der Waals surface area contributed by atoms with Gasteiger partial charge in [-0.05, 0) is 25.0 Å². The standard InChI is InChI=1S/C16H17ClN4O3/c17-13-6-12(7-18-8-13)16(24)20-4-1-2-11(9-20)14-3-5-21(19-14)10-15(22)23/h3,5-8,11H,1-2,4,9-10H2,(H,22,23). The summed E-state index contributed by atoms with van der Waals surface area (Å²) < 4.78 is 1.40. The molecule has 1 amide bonds. The smallest absolute Gasteiger partial charge is 0.325 e. The molecule has 1 unspecified atom stereocenters. The Labute approximate surface area is 143 Å². The second-order valence-electron chi connectivity index (χ2n) is 5.81. The summed E-state index contributed by atoms with van der Waals surface area (Å²) in [6.45, 7) is 1.07.